The summed E-state index contributed by atoms with van der Waals surface area (Å²) in [6.45, 7) is 1.20. The van der Waals surface area contributed by atoms with Gasteiger partial charge in [0.2, 0.25) is 6.10 Å². The van der Waals surface area contributed by atoms with Gasteiger partial charge in [-0.05, 0) is 29.7 Å². The lowest BCUT2D eigenvalue weighted by Gasteiger charge is -2.32. The monoisotopic (exact) mass is 367 g/mol. The summed E-state index contributed by atoms with van der Waals surface area (Å²) in [6.07, 6.45) is 0.975. The van der Waals surface area contributed by atoms with E-state index in [2.05, 4.69) is 0 Å². The van der Waals surface area contributed by atoms with Crippen molar-refractivity contribution in [2.45, 2.75) is 25.4 Å². The van der Waals surface area contributed by atoms with Gasteiger partial charge < -0.3 is 14.4 Å². The SMILES string of the molecule is O=C(O[C@H]1CCOC1=O)[C@H]1CCCN(C(=O)c2cccc3ccccc23)C1. The molecule has 27 heavy (non-hydrogen) atoms. The molecule has 2 aromatic carbocycles. The smallest absolute Gasteiger partial charge is 0.347 e. The molecule has 0 aromatic heterocycles. The first-order valence-corrected chi connectivity index (χ1v) is 9.27. The molecule has 0 aliphatic carbocycles. The van der Waals surface area contributed by atoms with Gasteiger partial charge in [-0.2, -0.15) is 0 Å². The predicted octanol–water partition coefficient (Wildman–Crippen LogP) is 2.55. The van der Waals surface area contributed by atoms with Crippen molar-refractivity contribution in [3.63, 3.8) is 0 Å². The largest absolute Gasteiger partial charge is 0.463 e. The summed E-state index contributed by atoms with van der Waals surface area (Å²) >= 11 is 0. The zero-order chi connectivity index (χ0) is 18.8. The maximum atomic E-state index is 13.1. The summed E-state index contributed by atoms with van der Waals surface area (Å²) in [5.74, 6) is -1.40. The Hall–Kier alpha value is -2.89. The van der Waals surface area contributed by atoms with Gasteiger partial charge >= 0.3 is 11.9 Å². The van der Waals surface area contributed by atoms with Crippen LogP contribution in [0.2, 0.25) is 0 Å². The second-order valence-electron chi connectivity index (χ2n) is 7.00. The van der Waals surface area contributed by atoms with E-state index in [9.17, 15) is 14.4 Å². The molecule has 0 spiro atoms. The number of hydrogen-bond acceptors (Lipinski definition) is 5. The Morgan fingerprint density at radius 3 is 2.70 bits per heavy atom. The van der Waals surface area contributed by atoms with Crippen LogP contribution in [-0.4, -0.2) is 48.5 Å². The predicted molar refractivity (Wildman–Crippen MR) is 98.0 cm³/mol. The first kappa shape index (κ1) is 17.5. The molecule has 1 amide bonds. The van der Waals surface area contributed by atoms with Crippen molar-refractivity contribution in [2.75, 3.05) is 19.7 Å². The molecule has 140 valence electrons. The Morgan fingerprint density at radius 2 is 1.89 bits per heavy atom. The minimum atomic E-state index is -0.804. The van der Waals surface area contributed by atoms with Crippen LogP contribution in [0.1, 0.15) is 29.6 Å². The van der Waals surface area contributed by atoms with Crippen LogP contribution in [-0.2, 0) is 19.1 Å². The maximum absolute atomic E-state index is 13.1. The topological polar surface area (TPSA) is 72.9 Å². The van der Waals surface area contributed by atoms with Crippen molar-refractivity contribution in [2.24, 2.45) is 5.92 Å². The van der Waals surface area contributed by atoms with E-state index in [1.165, 1.54) is 0 Å². The summed E-state index contributed by atoms with van der Waals surface area (Å²) in [5, 5.41) is 1.92. The van der Waals surface area contributed by atoms with Gasteiger partial charge in [-0.3, -0.25) is 9.59 Å². The summed E-state index contributed by atoms with van der Waals surface area (Å²) in [7, 11) is 0. The summed E-state index contributed by atoms with van der Waals surface area (Å²) in [6, 6.07) is 13.4. The second-order valence-corrected chi connectivity index (χ2v) is 7.00. The van der Waals surface area contributed by atoms with E-state index in [0.29, 0.717) is 31.5 Å². The quantitative estimate of drug-likeness (QED) is 0.780. The van der Waals surface area contributed by atoms with E-state index in [4.69, 9.17) is 9.47 Å². The van der Waals surface area contributed by atoms with Crippen LogP contribution in [0.15, 0.2) is 42.5 Å². The van der Waals surface area contributed by atoms with Crippen molar-refractivity contribution in [3.8, 4) is 0 Å². The van der Waals surface area contributed by atoms with E-state index in [1.54, 1.807) is 4.90 Å². The zero-order valence-electron chi connectivity index (χ0n) is 14.9. The molecule has 4 rings (SSSR count). The second kappa shape index (κ2) is 7.39. The molecule has 2 aliphatic heterocycles. The third-order valence-corrected chi connectivity index (χ3v) is 5.21. The standard InChI is InChI=1S/C21H21NO5/c23-19(17-9-3-6-14-5-1-2-8-16(14)17)22-11-4-7-15(13-22)20(24)27-18-10-12-26-21(18)25/h1-3,5-6,8-9,15,18H,4,7,10-13H2/t15-,18-/m0/s1. The van der Waals surface area contributed by atoms with Gasteiger partial charge in [-0.1, -0.05) is 36.4 Å². The Kier molecular flexibility index (Phi) is 4.79. The van der Waals surface area contributed by atoms with Crippen molar-refractivity contribution < 1.29 is 23.9 Å². The number of ether oxygens (including phenoxy) is 2. The fourth-order valence-electron chi connectivity index (χ4n) is 3.76. The molecule has 2 heterocycles. The minimum absolute atomic E-state index is 0.0791. The third-order valence-electron chi connectivity index (χ3n) is 5.21. The molecule has 6 heteroatoms. The first-order valence-electron chi connectivity index (χ1n) is 9.27. The highest BCUT2D eigenvalue weighted by Crippen LogP contribution is 2.25. The van der Waals surface area contributed by atoms with Crippen molar-refractivity contribution in [1.82, 2.24) is 4.90 Å². The van der Waals surface area contributed by atoms with Crippen molar-refractivity contribution in [3.05, 3.63) is 48.0 Å². The summed E-state index contributed by atoms with van der Waals surface area (Å²) in [5.41, 5.74) is 0.640. The van der Waals surface area contributed by atoms with E-state index in [-0.39, 0.29) is 12.5 Å². The number of rotatable bonds is 3. The van der Waals surface area contributed by atoms with Crippen LogP contribution >= 0.6 is 0 Å². The number of cyclic esters (lactones) is 1. The van der Waals surface area contributed by atoms with E-state index < -0.39 is 24.0 Å². The van der Waals surface area contributed by atoms with Crippen LogP contribution in [0, 0.1) is 5.92 Å². The Labute approximate surface area is 157 Å². The summed E-state index contributed by atoms with van der Waals surface area (Å²) in [4.78, 5) is 38.7. The van der Waals surface area contributed by atoms with Gasteiger partial charge in [0.1, 0.15) is 0 Å². The number of fused-ring (bicyclic) bond motifs is 1. The maximum Gasteiger partial charge on any atom is 0.347 e. The number of carbonyl (C=O) groups is 3. The number of nitrogens with zero attached hydrogens (tertiary/aromatic N) is 1. The van der Waals surface area contributed by atoms with E-state index >= 15 is 0 Å². The first-order chi connectivity index (χ1) is 13.1. The molecule has 2 aliphatic rings. The Balaban J connectivity index is 1.48. The zero-order valence-corrected chi connectivity index (χ0v) is 14.9. The minimum Gasteiger partial charge on any atom is -0.463 e. The fourth-order valence-corrected chi connectivity index (χ4v) is 3.76. The van der Waals surface area contributed by atoms with Gasteiger partial charge in [0, 0.05) is 25.1 Å². The Bertz CT molecular complexity index is 888. The van der Waals surface area contributed by atoms with Crippen LogP contribution in [0.25, 0.3) is 10.8 Å². The molecule has 2 fully saturated rings. The normalized spacial score (nSPS) is 22.5. The van der Waals surface area contributed by atoms with E-state index in [0.717, 1.165) is 17.2 Å². The molecule has 0 unspecified atom stereocenters. The molecule has 0 radical (unpaired) electrons. The molecule has 0 N–H and O–H groups in total. The van der Waals surface area contributed by atoms with Gasteiger partial charge in [-0.25, -0.2) is 4.79 Å². The number of piperidine rings is 1. The van der Waals surface area contributed by atoms with Gasteiger partial charge in [0.05, 0.1) is 12.5 Å². The number of amides is 1. The van der Waals surface area contributed by atoms with E-state index in [1.807, 2.05) is 42.5 Å². The lowest BCUT2D eigenvalue weighted by molar-refractivity contribution is -0.164. The Morgan fingerprint density at radius 1 is 1.07 bits per heavy atom. The molecule has 2 atom stereocenters. The van der Waals surface area contributed by atoms with Crippen LogP contribution in [0.5, 0.6) is 0 Å². The molecule has 0 bridgehead atoms. The van der Waals surface area contributed by atoms with Crippen LogP contribution < -0.4 is 0 Å². The van der Waals surface area contributed by atoms with Crippen LogP contribution in [0.3, 0.4) is 0 Å². The lowest BCUT2D eigenvalue weighted by Crippen LogP contribution is -2.43. The highest BCUT2D eigenvalue weighted by atomic mass is 16.6. The molecule has 2 saturated heterocycles. The highest BCUT2D eigenvalue weighted by molar-refractivity contribution is 6.07. The lowest BCUT2D eigenvalue weighted by atomic mass is 9.96. The van der Waals surface area contributed by atoms with Gasteiger partial charge in [-0.15, -0.1) is 0 Å². The average Bonchev–Trinajstić information content (AvgIpc) is 3.11. The molecular formula is C21H21NO5. The molecule has 6 nitrogen and oxygen atoms in total. The molecule has 0 saturated carbocycles. The number of esters is 2. The average molecular weight is 367 g/mol. The third kappa shape index (κ3) is 3.52. The van der Waals surface area contributed by atoms with Gasteiger partial charge in [0.15, 0.2) is 0 Å². The fraction of sp³-hybridized carbons (Fsp3) is 0.381. The van der Waals surface area contributed by atoms with Crippen molar-refractivity contribution in [1.29, 1.82) is 0 Å². The van der Waals surface area contributed by atoms with Crippen molar-refractivity contribution >= 4 is 28.6 Å². The van der Waals surface area contributed by atoms with Crippen LogP contribution in [0.4, 0.5) is 0 Å². The number of benzene rings is 2. The number of likely N-dealkylation sites (tertiary alicyclic amines) is 1. The molecular weight excluding hydrogens is 346 g/mol. The highest BCUT2D eigenvalue weighted by Gasteiger charge is 2.35. The number of carbonyl (C=O) groups excluding carboxylic acids is 3. The molecule has 2 aromatic rings. The number of hydrogen-bond donors (Lipinski definition) is 0. The van der Waals surface area contributed by atoms with Gasteiger partial charge in [0.25, 0.3) is 5.91 Å². The summed E-state index contributed by atoms with van der Waals surface area (Å²) < 4.78 is 10.1.